The minimum atomic E-state index is 0.294. The van der Waals surface area contributed by atoms with Gasteiger partial charge in [-0.15, -0.1) is 0 Å². The van der Waals surface area contributed by atoms with Gasteiger partial charge >= 0.3 is 0 Å². The van der Waals surface area contributed by atoms with Crippen molar-refractivity contribution in [2.24, 2.45) is 0 Å². The molecule has 2 aromatic rings. The largest absolute Gasteiger partial charge is 0.463 e. The molecule has 0 fully saturated rings. The standard InChI is InChI=1S/C17H21NO/c1-13(2)12-16(17-10-7-11-19-17)18-14(3)15-8-5-4-6-9-15/h4-11,14,16,18H,1,12H2,2-3H3/p+1. The van der Waals surface area contributed by atoms with Crippen LogP contribution in [0.3, 0.4) is 0 Å². The van der Waals surface area contributed by atoms with Crippen molar-refractivity contribution >= 4 is 0 Å². The van der Waals surface area contributed by atoms with Crippen LogP contribution in [0.5, 0.6) is 0 Å². The first-order valence-electron chi connectivity index (χ1n) is 6.74. The molecule has 2 N–H and O–H groups in total. The molecule has 0 aliphatic heterocycles. The SMILES string of the molecule is C=C(C)CC([NH2+]C(C)c1ccccc1)c1ccco1. The van der Waals surface area contributed by atoms with Crippen molar-refractivity contribution in [2.75, 3.05) is 0 Å². The van der Waals surface area contributed by atoms with Crippen molar-refractivity contribution in [3.63, 3.8) is 0 Å². The summed E-state index contributed by atoms with van der Waals surface area (Å²) in [5, 5.41) is 2.35. The molecule has 2 heteroatoms. The molecule has 1 aromatic heterocycles. The van der Waals surface area contributed by atoms with Gasteiger partial charge in [-0.1, -0.05) is 42.5 Å². The molecule has 2 nitrogen and oxygen atoms in total. The monoisotopic (exact) mass is 256 g/mol. The minimum absolute atomic E-state index is 0.294. The van der Waals surface area contributed by atoms with Gasteiger partial charge in [-0.3, -0.25) is 0 Å². The molecule has 0 saturated heterocycles. The fraction of sp³-hybridized carbons (Fsp3) is 0.294. The Balaban J connectivity index is 2.10. The Kier molecular flexibility index (Phi) is 4.58. The molecule has 0 aliphatic carbocycles. The summed E-state index contributed by atoms with van der Waals surface area (Å²) >= 11 is 0. The Morgan fingerprint density at radius 3 is 2.53 bits per heavy atom. The minimum Gasteiger partial charge on any atom is -0.463 e. The van der Waals surface area contributed by atoms with Gasteiger partial charge in [0.1, 0.15) is 12.1 Å². The summed E-state index contributed by atoms with van der Waals surface area (Å²) in [4.78, 5) is 0. The average molecular weight is 256 g/mol. The molecule has 100 valence electrons. The fourth-order valence-corrected chi connectivity index (χ4v) is 2.36. The van der Waals surface area contributed by atoms with Crippen LogP contribution in [0.4, 0.5) is 0 Å². The van der Waals surface area contributed by atoms with E-state index in [1.54, 1.807) is 6.26 Å². The van der Waals surface area contributed by atoms with Crippen molar-refractivity contribution in [2.45, 2.75) is 32.4 Å². The highest BCUT2D eigenvalue weighted by Gasteiger charge is 2.21. The van der Waals surface area contributed by atoms with Crippen molar-refractivity contribution in [1.82, 2.24) is 0 Å². The van der Waals surface area contributed by atoms with E-state index < -0.39 is 0 Å². The van der Waals surface area contributed by atoms with E-state index in [1.807, 2.05) is 18.2 Å². The Labute approximate surface area is 115 Å². The maximum Gasteiger partial charge on any atom is 0.161 e. The zero-order valence-corrected chi connectivity index (χ0v) is 11.7. The number of benzene rings is 1. The lowest BCUT2D eigenvalue weighted by Gasteiger charge is -2.19. The molecule has 2 rings (SSSR count). The average Bonchev–Trinajstić information content (AvgIpc) is 2.92. The van der Waals surface area contributed by atoms with Gasteiger partial charge in [0, 0.05) is 12.0 Å². The molecule has 19 heavy (non-hydrogen) atoms. The van der Waals surface area contributed by atoms with Gasteiger partial charge in [0.05, 0.1) is 6.26 Å². The summed E-state index contributed by atoms with van der Waals surface area (Å²) < 4.78 is 5.56. The van der Waals surface area contributed by atoms with Crippen molar-refractivity contribution in [3.8, 4) is 0 Å². The summed E-state index contributed by atoms with van der Waals surface area (Å²) in [5.41, 5.74) is 2.51. The Morgan fingerprint density at radius 1 is 1.21 bits per heavy atom. The number of nitrogens with two attached hydrogens (primary N) is 1. The highest BCUT2D eigenvalue weighted by atomic mass is 16.3. The summed E-state index contributed by atoms with van der Waals surface area (Å²) in [7, 11) is 0. The summed E-state index contributed by atoms with van der Waals surface area (Å²) in [5.74, 6) is 1.02. The van der Waals surface area contributed by atoms with Crippen molar-refractivity contribution in [1.29, 1.82) is 0 Å². The molecule has 0 bridgehead atoms. The molecule has 1 aromatic carbocycles. The predicted molar refractivity (Wildman–Crippen MR) is 77.7 cm³/mol. The van der Waals surface area contributed by atoms with Gasteiger partial charge < -0.3 is 9.73 Å². The van der Waals surface area contributed by atoms with E-state index in [9.17, 15) is 0 Å². The first-order valence-corrected chi connectivity index (χ1v) is 6.74. The maximum absolute atomic E-state index is 5.56. The van der Waals surface area contributed by atoms with Gasteiger partial charge in [0.25, 0.3) is 0 Å². The first-order chi connectivity index (χ1) is 9.16. The van der Waals surface area contributed by atoms with E-state index in [-0.39, 0.29) is 0 Å². The van der Waals surface area contributed by atoms with Crippen LogP contribution >= 0.6 is 0 Å². The third-order valence-corrected chi connectivity index (χ3v) is 3.32. The number of quaternary nitrogens is 1. The molecule has 2 unspecified atom stereocenters. The highest BCUT2D eigenvalue weighted by molar-refractivity contribution is 5.16. The zero-order valence-electron chi connectivity index (χ0n) is 11.7. The first kappa shape index (κ1) is 13.6. The molecular weight excluding hydrogens is 234 g/mol. The number of furan rings is 1. The smallest absolute Gasteiger partial charge is 0.161 e. The van der Waals surface area contributed by atoms with E-state index in [0.717, 1.165) is 12.2 Å². The van der Waals surface area contributed by atoms with Gasteiger partial charge in [-0.25, -0.2) is 0 Å². The van der Waals surface area contributed by atoms with Crippen molar-refractivity contribution in [3.05, 3.63) is 72.2 Å². The molecule has 0 aliphatic rings. The van der Waals surface area contributed by atoms with E-state index >= 15 is 0 Å². The maximum atomic E-state index is 5.56. The van der Waals surface area contributed by atoms with Crippen LogP contribution < -0.4 is 5.32 Å². The van der Waals surface area contributed by atoms with Gasteiger partial charge in [0.2, 0.25) is 0 Å². The van der Waals surface area contributed by atoms with E-state index in [1.165, 1.54) is 11.1 Å². The third kappa shape index (κ3) is 3.83. The quantitative estimate of drug-likeness (QED) is 0.786. The van der Waals surface area contributed by atoms with E-state index in [4.69, 9.17) is 4.42 Å². The lowest BCUT2D eigenvalue weighted by atomic mass is 10.0. The lowest BCUT2D eigenvalue weighted by Crippen LogP contribution is -2.85. The lowest BCUT2D eigenvalue weighted by molar-refractivity contribution is -0.732. The fourth-order valence-electron chi connectivity index (χ4n) is 2.36. The van der Waals surface area contributed by atoms with E-state index in [2.05, 4.69) is 50.0 Å². The second-order valence-electron chi connectivity index (χ2n) is 5.17. The molecule has 0 amide bonds. The Hall–Kier alpha value is -1.80. The van der Waals surface area contributed by atoms with Gasteiger partial charge in [-0.05, 0) is 26.0 Å². The van der Waals surface area contributed by atoms with Crippen molar-refractivity contribution < 1.29 is 9.73 Å². The molecule has 0 radical (unpaired) electrons. The topological polar surface area (TPSA) is 29.8 Å². The summed E-state index contributed by atoms with van der Waals surface area (Å²) in [6.45, 7) is 8.32. The Bertz CT molecular complexity index is 501. The molecular formula is C17H22NO+. The highest BCUT2D eigenvalue weighted by Crippen LogP contribution is 2.19. The second kappa shape index (κ2) is 6.39. The van der Waals surface area contributed by atoms with Crippen LogP contribution in [0.15, 0.2) is 65.3 Å². The van der Waals surface area contributed by atoms with Crippen LogP contribution in [-0.4, -0.2) is 0 Å². The molecule has 0 spiro atoms. The summed E-state index contributed by atoms with van der Waals surface area (Å²) in [6, 6.07) is 15.2. The number of hydrogen-bond donors (Lipinski definition) is 1. The van der Waals surface area contributed by atoms with Gasteiger partial charge in [-0.2, -0.15) is 0 Å². The second-order valence-corrected chi connectivity index (χ2v) is 5.17. The van der Waals surface area contributed by atoms with Crippen LogP contribution in [0.2, 0.25) is 0 Å². The zero-order chi connectivity index (χ0) is 13.7. The molecule has 1 heterocycles. The normalized spacial score (nSPS) is 14.0. The Morgan fingerprint density at radius 2 is 1.95 bits per heavy atom. The molecule has 0 saturated carbocycles. The van der Waals surface area contributed by atoms with Crippen LogP contribution in [0, 0.1) is 0 Å². The molecule has 2 atom stereocenters. The number of rotatable bonds is 6. The van der Waals surface area contributed by atoms with Gasteiger partial charge in [0.15, 0.2) is 5.76 Å². The third-order valence-electron chi connectivity index (χ3n) is 3.32. The predicted octanol–water partition coefficient (Wildman–Crippen LogP) is 3.61. The van der Waals surface area contributed by atoms with Crippen LogP contribution in [-0.2, 0) is 0 Å². The van der Waals surface area contributed by atoms with Crippen LogP contribution in [0.25, 0.3) is 0 Å². The van der Waals surface area contributed by atoms with E-state index in [0.29, 0.717) is 12.1 Å². The van der Waals surface area contributed by atoms with Crippen LogP contribution in [0.1, 0.15) is 43.7 Å². The number of hydrogen-bond acceptors (Lipinski definition) is 1. The summed E-state index contributed by atoms with van der Waals surface area (Å²) in [6.07, 6.45) is 2.67.